The third-order valence-corrected chi connectivity index (χ3v) is 3.59. The van der Waals surface area contributed by atoms with E-state index in [-0.39, 0.29) is 11.8 Å². The third-order valence-electron chi connectivity index (χ3n) is 3.59. The highest BCUT2D eigenvalue weighted by Crippen LogP contribution is 2.25. The van der Waals surface area contributed by atoms with Crippen LogP contribution in [0.4, 0.5) is 0 Å². The summed E-state index contributed by atoms with van der Waals surface area (Å²) in [5.41, 5.74) is 3.98. The van der Waals surface area contributed by atoms with Gasteiger partial charge in [0, 0.05) is 5.92 Å². The second-order valence-electron chi connectivity index (χ2n) is 5.36. The zero-order valence-corrected chi connectivity index (χ0v) is 12.7. The van der Waals surface area contributed by atoms with E-state index in [2.05, 4.69) is 31.4 Å². The van der Waals surface area contributed by atoms with Crippen LogP contribution in [-0.4, -0.2) is 10.8 Å². The Bertz CT molecular complexity index is 635. The molecule has 1 aromatic carbocycles. The van der Waals surface area contributed by atoms with Crippen LogP contribution in [0.25, 0.3) is 6.08 Å². The molecule has 21 heavy (non-hydrogen) atoms. The van der Waals surface area contributed by atoms with Crippen molar-refractivity contribution < 1.29 is 4.79 Å². The number of carbonyl (C=O) groups excluding carboxylic acids is 1. The molecule has 108 valence electrons. The van der Waals surface area contributed by atoms with Crippen LogP contribution in [0, 0.1) is 5.92 Å². The Balaban J connectivity index is 2.61. The summed E-state index contributed by atoms with van der Waals surface area (Å²) >= 11 is 0. The SMILES string of the molecule is C=CC1=C(\C=C)N(C(=O)C(C)C)Cc2ccccc2/C=C\1. The minimum absolute atomic E-state index is 0.0680. The molecule has 0 aliphatic carbocycles. The van der Waals surface area contributed by atoms with Crippen molar-refractivity contribution in [2.24, 2.45) is 5.92 Å². The van der Waals surface area contributed by atoms with E-state index in [0.717, 1.165) is 22.4 Å². The van der Waals surface area contributed by atoms with Gasteiger partial charge in [-0.05, 0) is 22.8 Å². The van der Waals surface area contributed by atoms with Gasteiger partial charge in [0.15, 0.2) is 0 Å². The summed E-state index contributed by atoms with van der Waals surface area (Å²) in [5.74, 6) is 0.0240. The summed E-state index contributed by atoms with van der Waals surface area (Å²) in [6.45, 7) is 12.1. The van der Waals surface area contributed by atoms with E-state index in [1.807, 2.05) is 32.1 Å². The molecule has 1 amide bonds. The lowest BCUT2D eigenvalue weighted by molar-refractivity contribution is -0.132. The van der Waals surface area contributed by atoms with Crippen LogP contribution in [-0.2, 0) is 11.3 Å². The molecule has 0 fully saturated rings. The molecular formula is C19H21NO. The van der Waals surface area contributed by atoms with Crippen LogP contribution in [0.3, 0.4) is 0 Å². The van der Waals surface area contributed by atoms with Crippen LogP contribution in [0.15, 0.2) is 66.9 Å². The number of rotatable bonds is 3. The van der Waals surface area contributed by atoms with Crippen LogP contribution in [0.1, 0.15) is 25.0 Å². The van der Waals surface area contributed by atoms with E-state index in [9.17, 15) is 4.79 Å². The van der Waals surface area contributed by atoms with Crippen LogP contribution in [0.2, 0.25) is 0 Å². The number of allylic oxidation sites excluding steroid dienone is 4. The molecule has 0 N–H and O–H groups in total. The Kier molecular flexibility index (Phi) is 4.59. The van der Waals surface area contributed by atoms with Crippen LogP contribution >= 0.6 is 0 Å². The number of carbonyl (C=O) groups is 1. The maximum absolute atomic E-state index is 12.6. The predicted molar refractivity (Wildman–Crippen MR) is 88.3 cm³/mol. The quantitative estimate of drug-likeness (QED) is 0.806. The summed E-state index contributed by atoms with van der Waals surface area (Å²) in [4.78, 5) is 14.4. The molecule has 2 heteroatoms. The molecule has 0 bridgehead atoms. The van der Waals surface area contributed by atoms with E-state index in [0.29, 0.717) is 6.54 Å². The van der Waals surface area contributed by atoms with Gasteiger partial charge in [0.1, 0.15) is 0 Å². The average Bonchev–Trinajstić information content (AvgIpc) is 2.47. The van der Waals surface area contributed by atoms with Crippen molar-refractivity contribution in [3.63, 3.8) is 0 Å². The van der Waals surface area contributed by atoms with Crippen molar-refractivity contribution in [2.75, 3.05) is 0 Å². The molecule has 0 spiro atoms. The second kappa shape index (κ2) is 6.40. The number of nitrogens with zero attached hydrogens (tertiary/aromatic N) is 1. The fourth-order valence-corrected chi connectivity index (χ4v) is 2.43. The van der Waals surface area contributed by atoms with Crippen LogP contribution < -0.4 is 0 Å². The Morgan fingerprint density at radius 1 is 1.19 bits per heavy atom. The first-order valence-corrected chi connectivity index (χ1v) is 7.15. The average molecular weight is 279 g/mol. The highest BCUT2D eigenvalue weighted by Gasteiger charge is 2.22. The Morgan fingerprint density at radius 3 is 2.52 bits per heavy atom. The molecule has 1 aromatic rings. The Labute approximate surface area is 126 Å². The number of hydrogen-bond acceptors (Lipinski definition) is 1. The van der Waals surface area contributed by atoms with Gasteiger partial charge >= 0.3 is 0 Å². The molecule has 1 heterocycles. The van der Waals surface area contributed by atoms with Gasteiger partial charge < -0.3 is 4.90 Å². The Morgan fingerprint density at radius 2 is 1.90 bits per heavy atom. The zero-order chi connectivity index (χ0) is 15.4. The Hall–Kier alpha value is -2.35. The molecule has 0 saturated heterocycles. The fourth-order valence-electron chi connectivity index (χ4n) is 2.43. The number of amides is 1. The zero-order valence-electron chi connectivity index (χ0n) is 12.7. The van der Waals surface area contributed by atoms with E-state index < -0.39 is 0 Å². The van der Waals surface area contributed by atoms with Gasteiger partial charge in [0.2, 0.25) is 5.91 Å². The summed E-state index contributed by atoms with van der Waals surface area (Å²) in [5, 5.41) is 0. The van der Waals surface area contributed by atoms with Gasteiger partial charge in [0.25, 0.3) is 0 Å². The van der Waals surface area contributed by atoms with Crippen molar-refractivity contribution in [1.82, 2.24) is 4.90 Å². The first kappa shape index (κ1) is 15.0. The molecule has 0 atom stereocenters. The predicted octanol–water partition coefficient (Wildman–Crippen LogP) is 4.32. The molecule has 1 aliphatic rings. The summed E-state index contributed by atoms with van der Waals surface area (Å²) in [6.07, 6.45) is 7.55. The summed E-state index contributed by atoms with van der Waals surface area (Å²) in [7, 11) is 0. The van der Waals surface area contributed by atoms with E-state index in [1.165, 1.54) is 0 Å². The fraction of sp³-hybridized carbons (Fsp3) is 0.211. The summed E-state index contributed by atoms with van der Waals surface area (Å²) in [6, 6.07) is 8.12. The normalized spacial score (nSPS) is 19.5. The van der Waals surface area contributed by atoms with Gasteiger partial charge in [-0.25, -0.2) is 0 Å². The highest BCUT2D eigenvalue weighted by molar-refractivity contribution is 5.81. The third kappa shape index (κ3) is 3.05. The molecule has 2 nitrogen and oxygen atoms in total. The topological polar surface area (TPSA) is 20.3 Å². The second-order valence-corrected chi connectivity index (χ2v) is 5.36. The standard InChI is InChI=1S/C19H21NO/c1-5-15-11-12-16-9-7-8-10-17(16)13-20(18(15)6-2)19(21)14(3)4/h5-12,14H,1-2,13H2,3-4H3/b12-11-,18-15-. The molecule has 0 unspecified atom stereocenters. The lowest BCUT2D eigenvalue weighted by Gasteiger charge is -2.29. The minimum atomic E-state index is -0.0680. The molecule has 0 saturated carbocycles. The van der Waals surface area contributed by atoms with Crippen molar-refractivity contribution in [3.8, 4) is 0 Å². The van der Waals surface area contributed by atoms with Crippen molar-refractivity contribution >= 4 is 12.0 Å². The molecule has 2 rings (SSSR count). The summed E-state index contributed by atoms with van der Waals surface area (Å²) < 4.78 is 0. The van der Waals surface area contributed by atoms with Gasteiger partial charge in [-0.1, -0.05) is 69.5 Å². The number of benzene rings is 1. The highest BCUT2D eigenvalue weighted by atomic mass is 16.2. The van der Waals surface area contributed by atoms with Crippen molar-refractivity contribution in [1.29, 1.82) is 0 Å². The van der Waals surface area contributed by atoms with E-state index >= 15 is 0 Å². The first-order valence-electron chi connectivity index (χ1n) is 7.15. The van der Waals surface area contributed by atoms with E-state index in [4.69, 9.17) is 0 Å². The molecule has 0 radical (unpaired) electrons. The van der Waals surface area contributed by atoms with Gasteiger partial charge in [-0.2, -0.15) is 0 Å². The molecule has 1 aliphatic heterocycles. The van der Waals surface area contributed by atoms with Crippen molar-refractivity contribution in [2.45, 2.75) is 20.4 Å². The smallest absolute Gasteiger partial charge is 0.229 e. The minimum Gasteiger partial charge on any atom is -0.307 e. The van der Waals surface area contributed by atoms with Crippen molar-refractivity contribution in [3.05, 3.63) is 78.0 Å². The van der Waals surface area contributed by atoms with Gasteiger partial charge in [-0.3, -0.25) is 4.79 Å². The maximum atomic E-state index is 12.6. The first-order chi connectivity index (χ1) is 10.1. The monoisotopic (exact) mass is 279 g/mol. The van der Waals surface area contributed by atoms with E-state index in [1.54, 1.807) is 17.1 Å². The maximum Gasteiger partial charge on any atom is 0.229 e. The lowest BCUT2D eigenvalue weighted by Crippen LogP contribution is -2.33. The largest absolute Gasteiger partial charge is 0.307 e. The lowest BCUT2D eigenvalue weighted by atomic mass is 10.00. The van der Waals surface area contributed by atoms with Crippen LogP contribution in [0.5, 0.6) is 0 Å². The van der Waals surface area contributed by atoms with Gasteiger partial charge in [0.05, 0.1) is 12.2 Å². The number of hydrogen-bond donors (Lipinski definition) is 0. The molecular weight excluding hydrogens is 258 g/mol. The van der Waals surface area contributed by atoms with Gasteiger partial charge in [-0.15, -0.1) is 0 Å². The molecule has 0 aromatic heterocycles. The number of fused-ring (bicyclic) bond motifs is 1.